The average molecular weight is 377 g/mol. The van der Waals surface area contributed by atoms with Gasteiger partial charge in [-0.05, 0) is 23.6 Å². The minimum atomic E-state index is -0.220. The predicted molar refractivity (Wildman–Crippen MR) is 105 cm³/mol. The van der Waals surface area contributed by atoms with Crippen molar-refractivity contribution >= 4 is 11.9 Å². The molecule has 1 aliphatic heterocycles. The van der Waals surface area contributed by atoms with Gasteiger partial charge in [-0.2, -0.15) is 0 Å². The monoisotopic (exact) mass is 377 g/mol. The van der Waals surface area contributed by atoms with Crippen molar-refractivity contribution in [1.29, 1.82) is 0 Å². The van der Waals surface area contributed by atoms with Crippen LogP contribution in [0.25, 0.3) is 0 Å². The highest BCUT2D eigenvalue weighted by molar-refractivity contribution is 5.84. The van der Waals surface area contributed by atoms with Gasteiger partial charge in [0.2, 0.25) is 11.8 Å². The largest absolute Gasteiger partial charge is 0.408 e. The zero-order valence-electron chi connectivity index (χ0n) is 15.9. The summed E-state index contributed by atoms with van der Waals surface area (Å²) in [6.45, 7) is 4.41. The van der Waals surface area contributed by atoms with E-state index in [0.29, 0.717) is 44.5 Å². The zero-order valence-corrected chi connectivity index (χ0v) is 15.9. The molecule has 1 fully saturated rings. The molecule has 28 heavy (non-hydrogen) atoms. The van der Waals surface area contributed by atoms with Crippen LogP contribution in [0.15, 0.2) is 59.3 Å². The van der Waals surface area contributed by atoms with Crippen LogP contribution in [0, 0.1) is 6.92 Å². The molecule has 144 valence electrons. The Morgan fingerprint density at radius 1 is 1.07 bits per heavy atom. The van der Waals surface area contributed by atoms with E-state index < -0.39 is 0 Å². The van der Waals surface area contributed by atoms with E-state index in [2.05, 4.69) is 15.2 Å². The highest BCUT2D eigenvalue weighted by Gasteiger charge is 2.30. The van der Waals surface area contributed by atoms with Gasteiger partial charge in [0.05, 0.1) is 5.92 Å². The maximum atomic E-state index is 13.4. The lowest BCUT2D eigenvalue weighted by atomic mass is 9.91. The third kappa shape index (κ3) is 4.03. The molecular weight excluding hydrogens is 354 g/mol. The lowest BCUT2D eigenvalue weighted by molar-refractivity contribution is -0.133. The first-order valence-corrected chi connectivity index (χ1v) is 9.48. The number of aromatic nitrogens is 3. The summed E-state index contributed by atoms with van der Waals surface area (Å²) >= 11 is 0. The van der Waals surface area contributed by atoms with Crippen molar-refractivity contribution < 1.29 is 9.21 Å². The summed E-state index contributed by atoms with van der Waals surface area (Å²) in [5.41, 5.74) is 2.09. The minimum Gasteiger partial charge on any atom is -0.408 e. The Labute approximate surface area is 164 Å². The van der Waals surface area contributed by atoms with E-state index in [1.54, 1.807) is 13.1 Å². The van der Waals surface area contributed by atoms with Crippen molar-refractivity contribution in [3.63, 3.8) is 0 Å². The molecule has 1 saturated heterocycles. The number of pyridine rings is 1. The fourth-order valence-corrected chi connectivity index (χ4v) is 3.54. The van der Waals surface area contributed by atoms with Crippen LogP contribution in [0.4, 0.5) is 6.01 Å². The normalized spacial score (nSPS) is 15.5. The maximum absolute atomic E-state index is 13.4. The molecule has 1 atom stereocenters. The van der Waals surface area contributed by atoms with Crippen LogP contribution < -0.4 is 4.90 Å². The predicted octanol–water partition coefficient (Wildman–Crippen LogP) is 2.45. The number of carbonyl (C=O) groups excluding carboxylic acids is 1. The van der Waals surface area contributed by atoms with Crippen molar-refractivity contribution in [2.75, 3.05) is 31.1 Å². The Balaban J connectivity index is 1.48. The molecule has 7 nitrogen and oxygen atoms in total. The number of rotatable bonds is 5. The number of benzene rings is 1. The van der Waals surface area contributed by atoms with Gasteiger partial charge in [0.1, 0.15) is 0 Å². The van der Waals surface area contributed by atoms with E-state index in [9.17, 15) is 4.79 Å². The van der Waals surface area contributed by atoms with Crippen LogP contribution in [-0.2, 0) is 11.2 Å². The summed E-state index contributed by atoms with van der Waals surface area (Å²) < 4.78 is 5.51. The summed E-state index contributed by atoms with van der Waals surface area (Å²) in [6.07, 6.45) is 4.22. The Bertz CT molecular complexity index is 905. The standard InChI is InChI=1S/C21H23N5O2/c1-16-23-24-21(28-16)26-12-10-25(11-13-26)20(27)19(18-7-3-2-4-8-18)14-17-6-5-9-22-15-17/h2-9,15,19H,10-14H2,1H3. The fourth-order valence-electron chi connectivity index (χ4n) is 3.54. The van der Waals surface area contributed by atoms with Crippen LogP contribution in [-0.4, -0.2) is 52.2 Å². The van der Waals surface area contributed by atoms with E-state index in [0.717, 1.165) is 11.1 Å². The molecule has 0 saturated carbocycles. The van der Waals surface area contributed by atoms with E-state index >= 15 is 0 Å². The molecule has 1 aliphatic rings. The van der Waals surface area contributed by atoms with Gasteiger partial charge in [-0.3, -0.25) is 9.78 Å². The smallest absolute Gasteiger partial charge is 0.318 e. The topological polar surface area (TPSA) is 75.4 Å². The second-order valence-corrected chi connectivity index (χ2v) is 6.94. The maximum Gasteiger partial charge on any atom is 0.318 e. The number of amides is 1. The third-order valence-corrected chi connectivity index (χ3v) is 5.04. The Kier molecular flexibility index (Phi) is 5.32. The Morgan fingerprint density at radius 2 is 1.86 bits per heavy atom. The quantitative estimate of drug-likeness (QED) is 0.680. The van der Waals surface area contributed by atoms with Crippen molar-refractivity contribution in [3.05, 3.63) is 71.9 Å². The van der Waals surface area contributed by atoms with E-state index in [-0.39, 0.29) is 11.8 Å². The molecule has 1 amide bonds. The van der Waals surface area contributed by atoms with Crippen LogP contribution in [0.2, 0.25) is 0 Å². The van der Waals surface area contributed by atoms with Gasteiger partial charge in [0, 0.05) is 45.5 Å². The Hall–Kier alpha value is -3.22. The number of piperazine rings is 1. The first-order chi connectivity index (χ1) is 13.7. The molecule has 0 radical (unpaired) electrons. The number of nitrogens with zero attached hydrogens (tertiary/aromatic N) is 5. The molecule has 3 aromatic rings. The van der Waals surface area contributed by atoms with Gasteiger partial charge in [0.15, 0.2) is 0 Å². The number of aryl methyl sites for hydroxylation is 1. The second-order valence-electron chi connectivity index (χ2n) is 6.94. The molecular formula is C21H23N5O2. The molecule has 7 heteroatoms. The zero-order chi connectivity index (χ0) is 19.3. The van der Waals surface area contributed by atoms with E-state index in [1.807, 2.05) is 58.5 Å². The molecule has 1 unspecified atom stereocenters. The molecule has 3 heterocycles. The Morgan fingerprint density at radius 3 is 2.50 bits per heavy atom. The summed E-state index contributed by atoms with van der Waals surface area (Å²) in [7, 11) is 0. The molecule has 0 bridgehead atoms. The van der Waals surface area contributed by atoms with Gasteiger partial charge in [-0.15, -0.1) is 5.10 Å². The molecule has 4 rings (SSSR count). The molecule has 0 aliphatic carbocycles. The van der Waals surface area contributed by atoms with Crippen molar-refractivity contribution in [2.45, 2.75) is 19.3 Å². The van der Waals surface area contributed by atoms with Gasteiger partial charge >= 0.3 is 6.01 Å². The number of hydrogen-bond donors (Lipinski definition) is 0. The minimum absolute atomic E-state index is 0.149. The molecule has 1 aromatic carbocycles. The van der Waals surface area contributed by atoms with Crippen LogP contribution in [0.1, 0.15) is 22.9 Å². The number of hydrogen-bond acceptors (Lipinski definition) is 6. The fraction of sp³-hybridized carbons (Fsp3) is 0.333. The third-order valence-electron chi connectivity index (χ3n) is 5.04. The molecule has 2 aromatic heterocycles. The first kappa shape index (κ1) is 18.2. The summed E-state index contributed by atoms with van der Waals surface area (Å²) in [5.74, 6) is 0.480. The number of anilines is 1. The lowest BCUT2D eigenvalue weighted by Gasteiger charge is -2.35. The molecule has 0 spiro atoms. The van der Waals surface area contributed by atoms with Gasteiger partial charge < -0.3 is 14.2 Å². The summed E-state index contributed by atoms with van der Waals surface area (Å²) in [5, 5.41) is 7.96. The van der Waals surface area contributed by atoms with E-state index in [1.165, 1.54) is 0 Å². The van der Waals surface area contributed by atoms with Gasteiger partial charge in [0.25, 0.3) is 0 Å². The average Bonchev–Trinajstić information content (AvgIpc) is 3.19. The lowest BCUT2D eigenvalue weighted by Crippen LogP contribution is -2.50. The van der Waals surface area contributed by atoms with Crippen LogP contribution in [0.3, 0.4) is 0 Å². The van der Waals surface area contributed by atoms with E-state index in [4.69, 9.17) is 4.42 Å². The number of carbonyl (C=O) groups is 1. The first-order valence-electron chi connectivity index (χ1n) is 9.48. The SMILES string of the molecule is Cc1nnc(N2CCN(C(=O)C(Cc3cccnc3)c3ccccc3)CC2)o1. The van der Waals surface area contributed by atoms with Crippen LogP contribution in [0.5, 0.6) is 0 Å². The van der Waals surface area contributed by atoms with Crippen molar-refractivity contribution in [2.24, 2.45) is 0 Å². The summed E-state index contributed by atoms with van der Waals surface area (Å²) in [4.78, 5) is 21.5. The van der Waals surface area contributed by atoms with Gasteiger partial charge in [-0.1, -0.05) is 41.5 Å². The van der Waals surface area contributed by atoms with Crippen molar-refractivity contribution in [1.82, 2.24) is 20.1 Å². The highest BCUT2D eigenvalue weighted by atomic mass is 16.4. The highest BCUT2D eigenvalue weighted by Crippen LogP contribution is 2.24. The van der Waals surface area contributed by atoms with Crippen molar-refractivity contribution in [3.8, 4) is 0 Å². The molecule has 0 N–H and O–H groups in total. The summed E-state index contributed by atoms with van der Waals surface area (Å²) in [6, 6.07) is 14.4. The van der Waals surface area contributed by atoms with Gasteiger partial charge in [-0.25, -0.2) is 0 Å². The second kappa shape index (κ2) is 8.21. The van der Waals surface area contributed by atoms with Crippen LogP contribution >= 0.6 is 0 Å².